The summed E-state index contributed by atoms with van der Waals surface area (Å²) >= 11 is 14.6. The van der Waals surface area contributed by atoms with E-state index < -0.39 is 5.91 Å². The third-order valence-corrected chi connectivity index (χ3v) is 5.76. The van der Waals surface area contributed by atoms with Crippen LogP contribution >= 0.6 is 45.9 Å². The van der Waals surface area contributed by atoms with Gasteiger partial charge in [-0.2, -0.15) is 0 Å². The minimum absolute atomic E-state index is 0.0814. The second-order valence-corrected chi connectivity index (χ2v) is 8.34. The molecule has 0 aliphatic carbocycles. The zero-order chi connectivity index (χ0) is 18.3. The zero-order valence-corrected chi connectivity index (χ0v) is 15.9. The smallest absolute Gasteiger partial charge is 0.293 e. The number of hydrogen-bond donors (Lipinski definition) is 1. The van der Waals surface area contributed by atoms with Crippen molar-refractivity contribution in [2.24, 2.45) is 0 Å². The fourth-order valence-corrected chi connectivity index (χ4v) is 4.53. The maximum atomic E-state index is 12.4. The van der Waals surface area contributed by atoms with Gasteiger partial charge in [-0.3, -0.25) is 14.9 Å². The standard InChI is InChI=1S/C17H8Cl2N2O3S2/c18-14-5-9(15(19)26-14)10-7-25-17(20-10)21-16(23)13-6-11(22)8-3-1-2-4-12(8)24-13/h1-7H,(H,20,21,23). The number of nitrogens with one attached hydrogen (secondary N) is 1. The predicted molar refractivity (Wildman–Crippen MR) is 106 cm³/mol. The number of carbonyl (C=O) groups excluding carboxylic acids is 1. The summed E-state index contributed by atoms with van der Waals surface area (Å²) in [5.41, 5.74) is 1.38. The Morgan fingerprint density at radius 2 is 2.00 bits per heavy atom. The summed E-state index contributed by atoms with van der Waals surface area (Å²) in [6.07, 6.45) is 0. The lowest BCUT2D eigenvalue weighted by atomic mass is 10.2. The quantitative estimate of drug-likeness (QED) is 0.470. The summed E-state index contributed by atoms with van der Waals surface area (Å²) in [6, 6.07) is 9.63. The van der Waals surface area contributed by atoms with E-state index in [2.05, 4.69) is 10.3 Å². The molecule has 5 nitrogen and oxygen atoms in total. The third kappa shape index (κ3) is 3.26. The zero-order valence-electron chi connectivity index (χ0n) is 12.8. The number of fused-ring (bicyclic) bond motifs is 1. The Hall–Kier alpha value is -2.19. The number of nitrogens with zero attached hydrogens (tertiary/aromatic N) is 1. The van der Waals surface area contributed by atoms with Crippen LogP contribution in [0.3, 0.4) is 0 Å². The molecular formula is C17H8Cl2N2O3S2. The molecule has 4 rings (SSSR count). The summed E-state index contributed by atoms with van der Waals surface area (Å²) in [5.74, 6) is -0.634. The molecule has 26 heavy (non-hydrogen) atoms. The van der Waals surface area contributed by atoms with Crippen LogP contribution in [0.4, 0.5) is 5.13 Å². The molecule has 0 saturated heterocycles. The summed E-state index contributed by atoms with van der Waals surface area (Å²) in [6.45, 7) is 0. The Morgan fingerprint density at radius 3 is 2.77 bits per heavy atom. The second-order valence-electron chi connectivity index (χ2n) is 5.20. The first-order valence-electron chi connectivity index (χ1n) is 7.26. The summed E-state index contributed by atoms with van der Waals surface area (Å²) in [4.78, 5) is 28.8. The van der Waals surface area contributed by atoms with E-state index in [4.69, 9.17) is 27.6 Å². The molecule has 0 radical (unpaired) electrons. The Bertz CT molecular complexity index is 1200. The number of anilines is 1. The fourth-order valence-electron chi connectivity index (χ4n) is 2.34. The number of hydrogen-bond acceptors (Lipinski definition) is 6. The molecule has 0 bridgehead atoms. The highest BCUT2D eigenvalue weighted by molar-refractivity contribution is 7.20. The summed E-state index contributed by atoms with van der Waals surface area (Å²) < 4.78 is 6.60. The molecule has 130 valence electrons. The number of carbonyl (C=O) groups is 1. The molecule has 1 N–H and O–H groups in total. The van der Waals surface area contributed by atoms with Crippen molar-refractivity contribution in [2.45, 2.75) is 0 Å². The van der Waals surface area contributed by atoms with Crippen molar-refractivity contribution in [1.29, 1.82) is 0 Å². The van der Waals surface area contributed by atoms with Gasteiger partial charge in [-0.1, -0.05) is 35.3 Å². The molecule has 3 aromatic heterocycles. The topological polar surface area (TPSA) is 72.2 Å². The molecule has 1 amide bonds. The highest BCUT2D eigenvalue weighted by Crippen LogP contribution is 2.39. The van der Waals surface area contributed by atoms with Crippen molar-refractivity contribution in [3.63, 3.8) is 0 Å². The average Bonchev–Trinajstić information content (AvgIpc) is 3.20. The first-order chi connectivity index (χ1) is 12.5. The van der Waals surface area contributed by atoms with E-state index in [1.165, 1.54) is 28.7 Å². The van der Waals surface area contributed by atoms with E-state index in [0.29, 0.717) is 36.0 Å². The number of halogens is 2. The monoisotopic (exact) mass is 422 g/mol. The van der Waals surface area contributed by atoms with Crippen molar-refractivity contribution < 1.29 is 9.21 Å². The van der Waals surface area contributed by atoms with Gasteiger partial charge in [-0.05, 0) is 18.2 Å². The molecule has 0 atom stereocenters. The van der Waals surface area contributed by atoms with Gasteiger partial charge in [0.25, 0.3) is 5.91 Å². The molecule has 0 aliphatic rings. The number of thiophene rings is 1. The van der Waals surface area contributed by atoms with Gasteiger partial charge >= 0.3 is 0 Å². The summed E-state index contributed by atoms with van der Waals surface area (Å²) in [7, 11) is 0. The van der Waals surface area contributed by atoms with E-state index in [1.54, 1.807) is 35.7 Å². The highest BCUT2D eigenvalue weighted by atomic mass is 35.5. The van der Waals surface area contributed by atoms with Crippen LogP contribution in [0.1, 0.15) is 10.6 Å². The Morgan fingerprint density at radius 1 is 1.19 bits per heavy atom. The van der Waals surface area contributed by atoms with Gasteiger partial charge in [-0.15, -0.1) is 22.7 Å². The van der Waals surface area contributed by atoms with Crippen molar-refractivity contribution in [2.75, 3.05) is 5.32 Å². The average molecular weight is 423 g/mol. The minimum atomic E-state index is -0.553. The fraction of sp³-hybridized carbons (Fsp3) is 0. The second kappa shape index (κ2) is 6.85. The molecule has 0 saturated carbocycles. The molecule has 0 spiro atoms. The number of benzene rings is 1. The molecule has 4 aromatic rings. The summed E-state index contributed by atoms with van der Waals surface area (Å²) in [5, 5.41) is 5.17. The largest absolute Gasteiger partial charge is 0.451 e. The van der Waals surface area contributed by atoms with Crippen LogP contribution in [0.5, 0.6) is 0 Å². The Kier molecular flexibility index (Phi) is 4.54. The molecule has 9 heteroatoms. The lowest BCUT2D eigenvalue weighted by Crippen LogP contribution is -2.14. The highest BCUT2D eigenvalue weighted by Gasteiger charge is 2.16. The van der Waals surface area contributed by atoms with Gasteiger partial charge in [-0.25, -0.2) is 4.98 Å². The van der Waals surface area contributed by atoms with Gasteiger partial charge in [0, 0.05) is 17.0 Å². The van der Waals surface area contributed by atoms with E-state index >= 15 is 0 Å². The van der Waals surface area contributed by atoms with Gasteiger partial charge in [0.05, 0.1) is 15.4 Å². The third-order valence-electron chi connectivity index (χ3n) is 3.52. The number of amides is 1. The number of rotatable bonds is 3. The van der Waals surface area contributed by atoms with Gasteiger partial charge < -0.3 is 4.42 Å². The first-order valence-corrected chi connectivity index (χ1v) is 9.71. The normalized spacial score (nSPS) is 11.0. The van der Waals surface area contributed by atoms with Crippen molar-refractivity contribution in [3.8, 4) is 11.3 Å². The predicted octanol–water partition coefficient (Wildman–Crippen LogP) is 5.54. The van der Waals surface area contributed by atoms with Crippen LogP contribution in [0.25, 0.3) is 22.2 Å². The maximum Gasteiger partial charge on any atom is 0.293 e. The van der Waals surface area contributed by atoms with E-state index in [-0.39, 0.29) is 11.2 Å². The van der Waals surface area contributed by atoms with Crippen molar-refractivity contribution in [3.05, 3.63) is 66.4 Å². The van der Waals surface area contributed by atoms with Crippen LogP contribution < -0.4 is 10.7 Å². The van der Waals surface area contributed by atoms with Crippen LogP contribution in [-0.2, 0) is 0 Å². The van der Waals surface area contributed by atoms with E-state index in [1.807, 2.05) is 0 Å². The first kappa shape index (κ1) is 17.2. The minimum Gasteiger partial charge on any atom is -0.451 e. The van der Waals surface area contributed by atoms with Crippen LogP contribution in [-0.4, -0.2) is 10.9 Å². The SMILES string of the molecule is O=C(Nc1nc(-c2cc(Cl)sc2Cl)cs1)c1cc(=O)c2ccccc2o1. The molecule has 0 unspecified atom stereocenters. The molecular weight excluding hydrogens is 415 g/mol. The van der Waals surface area contributed by atoms with Crippen molar-refractivity contribution >= 4 is 67.9 Å². The van der Waals surface area contributed by atoms with Crippen LogP contribution in [0, 0.1) is 0 Å². The molecule has 3 heterocycles. The van der Waals surface area contributed by atoms with Gasteiger partial charge in [0.1, 0.15) is 9.92 Å². The molecule has 0 aliphatic heterocycles. The van der Waals surface area contributed by atoms with E-state index in [9.17, 15) is 9.59 Å². The lowest BCUT2D eigenvalue weighted by molar-refractivity contribution is 0.0997. The van der Waals surface area contributed by atoms with Crippen molar-refractivity contribution in [1.82, 2.24) is 4.98 Å². The van der Waals surface area contributed by atoms with Gasteiger partial charge in [0.15, 0.2) is 16.3 Å². The Balaban J connectivity index is 1.61. The molecule has 1 aromatic carbocycles. The van der Waals surface area contributed by atoms with Crippen LogP contribution in [0.2, 0.25) is 8.67 Å². The lowest BCUT2D eigenvalue weighted by Gasteiger charge is -2.02. The van der Waals surface area contributed by atoms with Crippen LogP contribution in [0.15, 0.2) is 51.0 Å². The van der Waals surface area contributed by atoms with E-state index in [0.717, 1.165) is 0 Å². The maximum absolute atomic E-state index is 12.4. The Labute approximate surface area is 164 Å². The molecule has 0 fully saturated rings. The number of thiazole rings is 1. The van der Waals surface area contributed by atoms with Gasteiger partial charge in [0.2, 0.25) is 0 Å². The number of aromatic nitrogens is 1. The number of para-hydroxylation sites is 1.